The number of carboxylic acids is 1. The second-order valence-electron chi connectivity index (χ2n) is 5.96. The highest BCUT2D eigenvalue weighted by Gasteiger charge is 2.17. The predicted octanol–water partition coefficient (Wildman–Crippen LogP) is 2.82. The van der Waals surface area contributed by atoms with E-state index in [4.69, 9.17) is 14.6 Å². The summed E-state index contributed by atoms with van der Waals surface area (Å²) in [6, 6.07) is 12.2. The number of carbonyl (C=O) groups is 2. The Bertz CT molecular complexity index is 1010. The van der Waals surface area contributed by atoms with Crippen molar-refractivity contribution in [2.45, 2.75) is 6.42 Å². The standard InChI is InChI=1S/C19H16N2O5/c22-17(10-11-2-1-3-16-18(11)26-7-6-25-16)20-13-4-5-14-12(8-13)9-15(21-14)19(23)24/h1-5,8-9,21H,6-7,10H2,(H,20,22)(H,23,24). The molecule has 4 rings (SSSR count). The van der Waals surface area contributed by atoms with E-state index in [1.54, 1.807) is 18.2 Å². The van der Waals surface area contributed by atoms with Gasteiger partial charge in [0, 0.05) is 22.2 Å². The van der Waals surface area contributed by atoms with Gasteiger partial charge in [0.15, 0.2) is 11.5 Å². The molecule has 1 aliphatic heterocycles. The van der Waals surface area contributed by atoms with Crippen LogP contribution in [0.4, 0.5) is 5.69 Å². The van der Waals surface area contributed by atoms with Crippen molar-refractivity contribution in [1.82, 2.24) is 4.98 Å². The lowest BCUT2D eigenvalue weighted by Crippen LogP contribution is -2.19. The molecule has 0 bridgehead atoms. The summed E-state index contributed by atoms with van der Waals surface area (Å²) >= 11 is 0. The number of ether oxygens (including phenoxy) is 2. The van der Waals surface area contributed by atoms with Gasteiger partial charge in [0.25, 0.3) is 0 Å². The summed E-state index contributed by atoms with van der Waals surface area (Å²) in [4.78, 5) is 26.2. The van der Waals surface area contributed by atoms with Crippen molar-refractivity contribution in [2.75, 3.05) is 18.5 Å². The van der Waals surface area contributed by atoms with E-state index in [0.29, 0.717) is 41.3 Å². The quantitative estimate of drug-likeness (QED) is 0.670. The molecule has 7 nitrogen and oxygen atoms in total. The second kappa shape index (κ2) is 6.44. The Morgan fingerprint density at radius 3 is 2.81 bits per heavy atom. The van der Waals surface area contributed by atoms with E-state index in [1.165, 1.54) is 6.07 Å². The van der Waals surface area contributed by atoms with E-state index < -0.39 is 5.97 Å². The Hall–Kier alpha value is -3.48. The average molecular weight is 352 g/mol. The maximum atomic E-state index is 12.4. The molecule has 2 aromatic carbocycles. The number of anilines is 1. The van der Waals surface area contributed by atoms with Crippen LogP contribution in [0.25, 0.3) is 10.9 Å². The molecule has 0 saturated heterocycles. The molecular formula is C19H16N2O5. The number of benzene rings is 2. The number of hydrogen-bond acceptors (Lipinski definition) is 4. The van der Waals surface area contributed by atoms with Crippen LogP contribution in [0.2, 0.25) is 0 Å². The first-order chi connectivity index (χ1) is 12.6. The highest BCUT2D eigenvalue weighted by Crippen LogP contribution is 2.34. The molecule has 7 heteroatoms. The molecule has 26 heavy (non-hydrogen) atoms. The molecule has 0 radical (unpaired) electrons. The van der Waals surface area contributed by atoms with E-state index >= 15 is 0 Å². The number of fused-ring (bicyclic) bond motifs is 2. The molecule has 132 valence electrons. The minimum absolute atomic E-state index is 0.108. The average Bonchev–Trinajstić information content (AvgIpc) is 3.06. The van der Waals surface area contributed by atoms with Gasteiger partial charge in [-0.25, -0.2) is 4.79 Å². The number of para-hydroxylation sites is 1. The van der Waals surface area contributed by atoms with Crippen LogP contribution in [0.5, 0.6) is 11.5 Å². The molecule has 0 saturated carbocycles. The maximum Gasteiger partial charge on any atom is 0.352 e. The number of carbonyl (C=O) groups excluding carboxylic acids is 1. The molecule has 0 atom stereocenters. The molecule has 0 unspecified atom stereocenters. The molecule has 1 amide bonds. The third kappa shape index (κ3) is 3.06. The smallest absolute Gasteiger partial charge is 0.352 e. The Labute approximate surface area is 148 Å². The maximum absolute atomic E-state index is 12.4. The van der Waals surface area contributed by atoms with Crippen LogP contribution in [-0.2, 0) is 11.2 Å². The number of carboxylic acid groups (broad SMARTS) is 1. The van der Waals surface area contributed by atoms with Crippen molar-refractivity contribution in [2.24, 2.45) is 0 Å². The monoisotopic (exact) mass is 352 g/mol. The van der Waals surface area contributed by atoms with Gasteiger partial charge in [-0.15, -0.1) is 0 Å². The van der Waals surface area contributed by atoms with E-state index in [-0.39, 0.29) is 18.0 Å². The fourth-order valence-electron chi connectivity index (χ4n) is 2.98. The van der Waals surface area contributed by atoms with Crippen molar-refractivity contribution in [3.63, 3.8) is 0 Å². The van der Waals surface area contributed by atoms with Gasteiger partial charge < -0.3 is 24.9 Å². The van der Waals surface area contributed by atoms with Gasteiger partial charge in [-0.05, 0) is 30.3 Å². The summed E-state index contributed by atoms with van der Waals surface area (Å²) in [5.74, 6) is 0.0429. The van der Waals surface area contributed by atoms with Crippen LogP contribution >= 0.6 is 0 Å². The normalized spacial score (nSPS) is 12.8. The third-order valence-electron chi connectivity index (χ3n) is 4.13. The summed E-state index contributed by atoms with van der Waals surface area (Å²) in [7, 11) is 0. The lowest BCUT2D eigenvalue weighted by molar-refractivity contribution is -0.115. The van der Waals surface area contributed by atoms with E-state index in [1.807, 2.05) is 18.2 Å². The second-order valence-corrected chi connectivity index (χ2v) is 5.96. The number of aromatic nitrogens is 1. The van der Waals surface area contributed by atoms with Crippen LogP contribution in [-0.4, -0.2) is 35.2 Å². The van der Waals surface area contributed by atoms with Gasteiger partial charge in [0.05, 0.1) is 6.42 Å². The Balaban J connectivity index is 1.51. The molecule has 0 spiro atoms. The van der Waals surface area contributed by atoms with Crippen molar-refractivity contribution in [3.05, 3.63) is 53.7 Å². The number of hydrogen-bond donors (Lipinski definition) is 3. The van der Waals surface area contributed by atoms with Gasteiger partial charge >= 0.3 is 5.97 Å². The topological polar surface area (TPSA) is 101 Å². The van der Waals surface area contributed by atoms with Crippen LogP contribution < -0.4 is 14.8 Å². The number of nitrogens with one attached hydrogen (secondary N) is 2. The summed E-state index contributed by atoms with van der Waals surface area (Å²) in [6.07, 6.45) is 0.151. The number of amides is 1. The zero-order valence-corrected chi connectivity index (χ0v) is 13.7. The van der Waals surface area contributed by atoms with Crippen molar-refractivity contribution in [3.8, 4) is 11.5 Å². The van der Waals surface area contributed by atoms with Gasteiger partial charge in [0.1, 0.15) is 18.9 Å². The summed E-state index contributed by atoms with van der Waals surface area (Å²) < 4.78 is 11.1. The highest BCUT2D eigenvalue weighted by molar-refractivity contribution is 5.98. The molecule has 2 heterocycles. The number of aromatic carboxylic acids is 1. The van der Waals surface area contributed by atoms with Gasteiger partial charge in [-0.1, -0.05) is 12.1 Å². The summed E-state index contributed by atoms with van der Waals surface area (Å²) in [6.45, 7) is 0.958. The van der Waals surface area contributed by atoms with Crippen LogP contribution in [0.1, 0.15) is 16.1 Å². The number of rotatable bonds is 4. The first-order valence-electron chi connectivity index (χ1n) is 8.13. The minimum atomic E-state index is -1.03. The van der Waals surface area contributed by atoms with Crippen molar-refractivity contribution < 1.29 is 24.2 Å². The zero-order chi connectivity index (χ0) is 18.1. The fraction of sp³-hybridized carbons (Fsp3) is 0.158. The SMILES string of the molecule is O=C(Cc1cccc2c1OCCO2)Nc1ccc2[nH]c(C(=O)O)cc2c1. The van der Waals surface area contributed by atoms with E-state index in [2.05, 4.69) is 10.3 Å². The van der Waals surface area contributed by atoms with E-state index in [0.717, 1.165) is 5.56 Å². The molecule has 1 aliphatic rings. The first-order valence-corrected chi connectivity index (χ1v) is 8.13. The summed E-state index contributed by atoms with van der Waals surface area (Å²) in [5.41, 5.74) is 2.16. The lowest BCUT2D eigenvalue weighted by atomic mass is 10.1. The zero-order valence-electron chi connectivity index (χ0n) is 13.7. The Morgan fingerprint density at radius 1 is 1.12 bits per heavy atom. The van der Waals surface area contributed by atoms with Gasteiger partial charge in [0.2, 0.25) is 5.91 Å². The molecule has 1 aromatic heterocycles. The molecular weight excluding hydrogens is 336 g/mol. The third-order valence-corrected chi connectivity index (χ3v) is 4.13. The fourth-order valence-corrected chi connectivity index (χ4v) is 2.98. The van der Waals surface area contributed by atoms with Gasteiger partial charge in [-0.2, -0.15) is 0 Å². The van der Waals surface area contributed by atoms with Crippen molar-refractivity contribution in [1.29, 1.82) is 0 Å². The molecule has 3 N–H and O–H groups in total. The van der Waals surface area contributed by atoms with Crippen LogP contribution in [0.3, 0.4) is 0 Å². The van der Waals surface area contributed by atoms with E-state index in [9.17, 15) is 9.59 Å². The largest absolute Gasteiger partial charge is 0.486 e. The predicted molar refractivity (Wildman–Crippen MR) is 95.0 cm³/mol. The molecule has 0 fully saturated rings. The lowest BCUT2D eigenvalue weighted by Gasteiger charge is -2.20. The van der Waals surface area contributed by atoms with Crippen LogP contribution in [0.15, 0.2) is 42.5 Å². The summed E-state index contributed by atoms with van der Waals surface area (Å²) in [5, 5.41) is 12.6. The minimum Gasteiger partial charge on any atom is -0.486 e. The highest BCUT2D eigenvalue weighted by atomic mass is 16.6. The molecule has 0 aliphatic carbocycles. The van der Waals surface area contributed by atoms with Crippen LogP contribution in [0, 0.1) is 0 Å². The molecule has 3 aromatic rings. The number of aromatic amines is 1. The van der Waals surface area contributed by atoms with Crippen molar-refractivity contribution >= 4 is 28.5 Å². The Morgan fingerprint density at radius 2 is 1.96 bits per heavy atom. The first kappa shape index (κ1) is 16.0. The van der Waals surface area contributed by atoms with Gasteiger partial charge in [-0.3, -0.25) is 4.79 Å². The Kier molecular flexibility index (Phi) is 3.96. The number of H-pyrrole nitrogens is 1.